The Labute approximate surface area is 144 Å². The molecule has 0 bridgehead atoms. The summed E-state index contributed by atoms with van der Waals surface area (Å²) in [4.78, 5) is 4.33. The fourth-order valence-electron chi connectivity index (χ4n) is 2.55. The molecule has 0 saturated carbocycles. The van der Waals surface area contributed by atoms with Gasteiger partial charge in [-0.2, -0.15) is 4.98 Å². The monoisotopic (exact) mass is 346 g/mol. The summed E-state index contributed by atoms with van der Waals surface area (Å²) in [7, 11) is 1.58. The molecule has 126 valence electrons. The Morgan fingerprint density at radius 1 is 1.29 bits per heavy atom. The minimum Gasteiger partial charge on any atom is -0.481 e. The Morgan fingerprint density at radius 3 is 2.83 bits per heavy atom. The van der Waals surface area contributed by atoms with Crippen molar-refractivity contribution in [3.8, 4) is 5.88 Å². The third-order valence-electron chi connectivity index (χ3n) is 3.82. The van der Waals surface area contributed by atoms with Crippen LogP contribution in [0.4, 0.5) is 4.39 Å². The van der Waals surface area contributed by atoms with Crippen molar-refractivity contribution in [3.05, 3.63) is 46.9 Å². The molecule has 0 aliphatic rings. The lowest BCUT2D eigenvalue weighted by Gasteiger charge is -2.09. The number of benzene rings is 1. The quantitative estimate of drug-likeness (QED) is 0.635. The zero-order chi connectivity index (χ0) is 17.1. The lowest BCUT2D eigenvalue weighted by molar-refractivity contribution is 0.397. The minimum atomic E-state index is -0.190. The van der Waals surface area contributed by atoms with Crippen LogP contribution in [0.15, 0.2) is 29.4 Å². The molecule has 1 aromatic carbocycles. The third kappa shape index (κ3) is 3.21. The second-order valence-corrected chi connectivity index (χ2v) is 6.42. The van der Waals surface area contributed by atoms with Crippen molar-refractivity contribution in [1.82, 2.24) is 19.6 Å². The molecule has 3 aromatic rings. The molecule has 0 saturated heterocycles. The van der Waals surface area contributed by atoms with Crippen molar-refractivity contribution < 1.29 is 9.13 Å². The number of thioether (sulfide) groups is 1. The molecule has 0 fully saturated rings. The van der Waals surface area contributed by atoms with Crippen molar-refractivity contribution in [1.29, 1.82) is 0 Å². The van der Waals surface area contributed by atoms with E-state index in [1.54, 1.807) is 13.2 Å². The molecule has 0 aliphatic carbocycles. The number of aromatic nitrogens is 4. The van der Waals surface area contributed by atoms with Crippen molar-refractivity contribution in [2.24, 2.45) is 0 Å². The van der Waals surface area contributed by atoms with Crippen LogP contribution in [0.2, 0.25) is 0 Å². The summed E-state index contributed by atoms with van der Waals surface area (Å²) in [5.74, 6) is 1.34. The van der Waals surface area contributed by atoms with Crippen LogP contribution in [0.1, 0.15) is 30.2 Å². The van der Waals surface area contributed by atoms with E-state index in [0.717, 1.165) is 24.1 Å². The van der Waals surface area contributed by atoms with Crippen LogP contribution in [0.5, 0.6) is 5.88 Å². The smallest absolute Gasteiger partial charge is 0.259 e. The predicted octanol–water partition coefficient (Wildman–Crippen LogP) is 3.83. The van der Waals surface area contributed by atoms with Gasteiger partial charge in [-0.05, 0) is 25.0 Å². The fraction of sp³-hybridized carbons (Fsp3) is 0.353. The van der Waals surface area contributed by atoms with E-state index in [4.69, 9.17) is 4.74 Å². The molecule has 0 aliphatic heterocycles. The zero-order valence-corrected chi connectivity index (χ0v) is 14.7. The van der Waals surface area contributed by atoms with E-state index in [1.165, 1.54) is 17.8 Å². The first-order valence-corrected chi connectivity index (χ1v) is 8.78. The summed E-state index contributed by atoms with van der Waals surface area (Å²) in [6.45, 7) is 4.02. The molecule has 5 nitrogen and oxygen atoms in total. The standard InChI is InChI=1S/C17H19FN4OS/c1-4-6-12-9-15(23-3)19-16-20-21-17(22(12)16)24-10-13-11(2)7-5-8-14(13)18/h5,7-9H,4,6,10H2,1-3H3. The molecule has 0 atom stereocenters. The van der Waals surface area contributed by atoms with Crippen molar-refractivity contribution in [2.45, 2.75) is 37.6 Å². The molecule has 3 rings (SSSR count). The fourth-order valence-corrected chi connectivity index (χ4v) is 3.61. The van der Waals surface area contributed by atoms with Gasteiger partial charge in [0.1, 0.15) is 5.82 Å². The highest BCUT2D eigenvalue weighted by Gasteiger charge is 2.15. The first-order chi connectivity index (χ1) is 11.6. The molecule has 0 unspecified atom stereocenters. The Bertz CT molecular complexity index is 845. The number of aryl methyl sites for hydroxylation is 2. The lowest BCUT2D eigenvalue weighted by Crippen LogP contribution is -2.02. The van der Waals surface area contributed by atoms with E-state index in [2.05, 4.69) is 22.1 Å². The maximum absolute atomic E-state index is 14.0. The van der Waals surface area contributed by atoms with E-state index < -0.39 is 0 Å². The maximum Gasteiger partial charge on any atom is 0.259 e. The maximum atomic E-state index is 14.0. The lowest BCUT2D eigenvalue weighted by atomic mass is 10.1. The predicted molar refractivity (Wildman–Crippen MR) is 92.0 cm³/mol. The van der Waals surface area contributed by atoms with Crippen LogP contribution in [0.3, 0.4) is 0 Å². The summed E-state index contributed by atoms with van der Waals surface area (Å²) in [5, 5.41) is 9.07. The zero-order valence-electron chi connectivity index (χ0n) is 13.9. The Balaban J connectivity index is 1.95. The third-order valence-corrected chi connectivity index (χ3v) is 4.77. The Hall–Kier alpha value is -2.15. The molecular formula is C17H19FN4OS. The molecular weight excluding hydrogens is 327 g/mol. The molecule has 0 spiro atoms. The topological polar surface area (TPSA) is 52.3 Å². The van der Waals surface area contributed by atoms with Gasteiger partial charge in [0.2, 0.25) is 5.88 Å². The van der Waals surface area contributed by atoms with Gasteiger partial charge in [-0.1, -0.05) is 37.2 Å². The molecule has 2 heterocycles. The van der Waals surface area contributed by atoms with Crippen molar-refractivity contribution in [3.63, 3.8) is 0 Å². The van der Waals surface area contributed by atoms with Gasteiger partial charge in [0, 0.05) is 23.1 Å². The highest BCUT2D eigenvalue weighted by Crippen LogP contribution is 2.27. The Morgan fingerprint density at radius 2 is 2.12 bits per heavy atom. The first kappa shape index (κ1) is 16.7. The van der Waals surface area contributed by atoms with Crippen LogP contribution in [0, 0.1) is 12.7 Å². The SMILES string of the molecule is CCCc1cc(OC)nc2nnc(SCc3c(C)cccc3F)n12. The van der Waals surface area contributed by atoms with Crippen LogP contribution < -0.4 is 4.74 Å². The summed E-state index contributed by atoms with van der Waals surface area (Å²) in [6.07, 6.45) is 1.84. The molecule has 2 aromatic heterocycles. The van der Waals surface area contributed by atoms with Crippen molar-refractivity contribution >= 4 is 17.5 Å². The van der Waals surface area contributed by atoms with E-state index in [9.17, 15) is 4.39 Å². The van der Waals surface area contributed by atoms with Gasteiger partial charge in [-0.3, -0.25) is 4.40 Å². The molecule has 0 radical (unpaired) electrons. The van der Waals surface area contributed by atoms with Crippen LogP contribution >= 0.6 is 11.8 Å². The van der Waals surface area contributed by atoms with Gasteiger partial charge in [0.05, 0.1) is 7.11 Å². The highest BCUT2D eigenvalue weighted by atomic mass is 32.2. The number of fused-ring (bicyclic) bond motifs is 1. The number of rotatable bonds is 6. The first-order valence-electron chi connectivity index (χ1n) is 7.79. The van der Waals surface area contributed by atoms with Gasteiger partial charge in [-0.25, -0.2) is 4.39 Å². The largest absolute Gasteiger partial charge is 0.481 e. The Kier molecular flexibility index (Phi) is 4.99. The van der Waals surface area contributed by atoms with E-state index in [0.29, 0.717) is 28.1 Å². The summed E-state index contributed by atoms with van der Waals surface area (Å²) < 4.78 is 21.2. The molecule has 24 heavy (non-hydrogen) atoms. The summed E-state index contributed by atoms with van der Waals surface area (Å²) >= 11 is 1.46. The molecule has 0 amide bonds. The van der Waals surface area contributed by atoms with Crippen molar-refractivity contribution in [2.75, 3.05) is 7.11 Å². The highest BCUT2D eigenvalue weighted by molar-refractivity contribution is 7.98. The summed E-state index contributed by atoms with van der Waals surface area (Å²) in [6, 6.07) is 7.02. The van der Waals surface area contributed by atoms with Gasteiger partial charge in [-0.15, -0.1) is 10.2 Å². The van der Waals surface area contributed by atoms with Crippen LogP contribution in [-0.2, 0) is 12.2 Å². The average molecular weight is 346 g/mol. The number of nitrogens with zero attached hydrogens (tertiary/aromatic N) is 4. The summed E-state index contributed by atoms with van der Waals surface area (Å²) in [5.41, 5.74) is 2.67. The van der Waals surface area contributed by atoms with Gasteiger partial charge >= 0.3 is 0 Å². The van der Waals surface area contributed by atoms with Gasteiger partial charge in [0.15, 0.2) is 5.16 Å². The molecule has 7 heteroatoms. The number of hydrogen-bond acceptors (Lipinski definition) is 5. The second kappa shape index (κ2) is 7.17. The normalized spacial score (nSPS) is 11.2. The number of hydrogen-bond donors (Lipinski definition) is 0. The number of halogens is 1. The van der Waals surface area contributed by atoms with E-state index >= 15 is 0 Å². The molecule has 0 N–H and O–H groups in total. The number of methoxy groups -OCH3 is 1. The van der Waals surface area contributed by atoms with E-state index in [1.807, 2.05) is 23.5 Å². The second-order valence-electron chi connectivity index (χ2n) is 5.48. The van der Waals surface area contributed by atoms with E-state index in [-0.39, 0.29) is 5.82 Å². The van der Waals surface area contributed by atoms with Crippen LogP contribution in [-0.4, -0.2) is 26.7 Å². The van der Waals surface area contributed by atoms with Crippen LogP contribution in [0.25, 0.3) is 5.78 Å². The van der Waals surface area contributed by atoms with Gasteiger partial charge in [0.25, 0.3) is 5.78 Å². The average Bonchev–Trinajstić information content (AvgIpc) is 2.98. The van der Waals surface area contributed by atoms with Gasteiger partial charge < -0.3 is 4.74 Å². The minimum absolute atomic E-state index is 0.190. The number of ether oxygens (including phenoxy) is 1.